The van der Waals surface area contributed by atoms with E-state index in [2.05, 4.69) is 5.10 Å². The molecule has 0 radical (unpaired) electrons. The van der Waals surface area contributed by atoms with E-state index in [1.54, 1.807) is 18.0 Å². The summed E-state index contributed by atoms with van der Waals surface area (Å²) in [5.41, 5.74) is 1.60. The lowest BCUT2D eigenvalue weighted by atomic mass is 9.94. The Bertz CT molecular complexity index is 774. The van der Waals surface area contributed by atoms with E-state index in [1.165, 1.54) is 4.68 Å². The number of benzene rings is 1. The molecule has 0 spiro atoms. The van der Waals surface area contributed by atoms with Gasteiger partial charge in [-0.2, -0.15) is 5.10 Å². The molecule has 1 aromatic carbocycles. The first-order chi connectivity index (χ1) is 12.1. The molecule has 7 heteroatoms. The summed E-state index contributed by atoms with van der Waals surface area (Å²) in [5.74, 6) is -0.711. The molecule has 1 saturated heterocycles. The van der Waals surface area contributed by atoms with Gasteiger partial charge in [0.2, 0.25) is 0 Å². The Morgan fingerprint density at radius 1 is 1.32 bits per heavy atom. The molecule has 1 aliphatic heterocycles. The number of carboxylic acids is 1. The predicted octanol–water partition coefficient (Wildman–Crippen LogP) is 2.71. The van der Waals surface area contributed by atoms with Crippen molar-refractivity contribution in [3.63, 3.8) is 0 Å². The molecule has 1 atom stereocenters. The van der Waals surface area contributed by atoms with Crippen LogP contribution in [0.25, 0.3) is 0 Å². The average molecular weight is 359 g/mol. The molecule has 0 bridgehead atoms. The van der Waals surface area contributed by atoms with Gasteiger partial charge >= 0.3 is 5.97 Å². The Labute approximate surface area is 150 Å². The number of hydrogen-bond donors (Lipinski definition) is 1. The fourth-order valence-electron chi connectivity index (χ4n) is 3.22. The maximum Gasteiger partial charge on any atom is 0.325 e. The third kappa shape index (κ3) is 4.04. The Kier molecular flexibility index (Phi) is 5.43. The van der Waals surface area contributed by atoms with Gasteiger partial charge in [-0.3, -0.25) is 14.3 Å². The van der Waals surface area contributed by atoms with Crippen molar-refractivity contribution in [3.05, 3.63) is 47.8 Å². The quantitative estimate of drug-likeness (QED) is 0.831. The average Bonchev–Trinajstić information content (AvgIpc) is 3.09. The lowest BCUT2D eigenvalue weighted by molar-refractivity contribution is -0.137. The second-order valence-electron chi connectivity index (χ2n) is 6.12. The van der Waals surface area contributed by atoms with E-state index >= 15 is 0 Å². The number of amides is 1. The molecule has 6 nitrogen and oxygen atoms in total. The lowest BCUT2D eigenvalue weighted by Crippen LogP contribution is -2.39. The van der Waals surface area contributed by atoms with Crippen LogP contribution in [0.3, 0.4) is 0 Å². The summed E-state index contributed by atoms with van der Waals surface area (Å²) in [7, 11) is 0. The number of carboxylic acid groups (broad SMARTS) is 1. The van der Waals surface area contributed by atoms with Crippen molar-refractivity contribution in [2.75, 3.05) is 19.3 Å². The van der Waals surface area contributed by atoms with Crippen molar-refractivity contribution in [1.29, 1.82) is 0 Å². The number of rotatable bonds is 5. The Morgan fingerprint density at radius 3 is 2.88 bits per heavy atom. The summed E-state index contributed by atoms with van der Waals surface area (Å²) in [6, 6.07) is 9.53. The van der Waals surface area contributed by atoms with Gasteiger partial charge in [0.25, 0.3) is 5.91 Å². The second-order valence-corrected chi connectivity index (χ2v) is 6.97. The third-order valence-corrected chi connectivity index (χ3v) is 5.22. The number of carbonyl (C=O) groups excluding carboxylic acids is 1. The molecular formula is C18H21N3O3S. The molecule has 0 aliphatic carbocycles. The summed E-state index contributed by atoms with van der Waals surface area (Å²) < 4.78 is 1.43. The minimum absolute atomic E-state index is 0.0552. The molecule has 2 heterocycles. The van der Waals surface area contributed by atoms with Crippen LogP contribution in [0, 0.1) is 0 Å². The molecule has 0 unspecified atom stereocenters. The molecule has 25 heavy (non-hydrogen) atoms. The van der Waals surface area contributed by atoms with Crippen LogP contribution in [0.5, 0.6) is 0 Å². The highest BCUT2D eigenvalue weighted by molar-refractivity contribution is 7.98. The molecule has 1 aliphatic rings. The highest BCUT2D eigenvalue weighted by atomic mass is 32.2. The first-order valence-corrected chi connectivity index (χ1v) is 9.48. The van der Waals surface area contributed by atoms with Gasteiger partial charge in [-0.1, -0.05) is 12.1 Å². The Hall–Kier alpha value is -2.28. The fraction of sp³-hybridized carbons (Fsp3) is 0.389. The monoisotopic (exact) mass is 359 g/mol. The zero-order valence-corrected chi connectivity index (χ0v) is 14.9. The van der Waals surface area contributed by atoms with Gasteiger partial charge in [0, 0.05) is 30.1 Å². The van der Waals surface area contributed by atoms with Crippen LogP contribution >= 0.6 is 11.8 Å². The smallest absolute Gasteiger partial charge is 0.325 e. The topological polar surface area (TPSA) is 75.4 Å². The number of likely N-dealkylation sites (tertiary alicyclic amines) is 1. The van der Waals surface area contributed by atoms with Gasteiger partial charge in [0.1, 0.15) is 6.54 Å². The first-order valence-electron chi connectivity index (χ1n) is 8.26. The fourth-order valence-corrected chi connectivity index (χ4v) is 3.81. The molecule has 1 N–H and O–H groups in total. The molecule has 3 rings (SSSR count). The van der Waals surface area contributed by atoms with Crippen molar-refractivity contribution in [3.8, 4) is 0 Å². The normalized spacial score (nSPS) is 17.5. The van der Waals surface area contributed by atoms with Gasteiger partial charge in [-0.05, 0) is 37.3 Å². The van der Waals surface area contributed by atoms with Crippen molar-refractivity contribution < 1.29 is 14.7 Å². The summed E-state index contributed by atoms with van der Waals surface area (Å²) >= 11 is 1.58. The van der Waals surface area contributed by atoms with Crippen LogP contribution in [0.1, 0.15) is 34.8 Å². The van der Waals surface area contributed by atoms with Gasteiger partial charge in [-0.15, -0.1) is 11.8 Å². The summed E-state index contributed by atoms with van der Waals surface area (Å²) in [4.78, 5) is 26.6. The highest BCUT2D eigenvalue weighted by Crippen LogP contribution is 2.28. The molecule has 1 fully saturated rings. The van der Waals surface area contributed by atoms with E-state index in [4.69, 9.17) is 5.11 Å². The number of aromatic nitrogens is 2. The lowest BCUT2D eigenvalue weighted by Gasteiger charge is -2.32. The van der Waals surface area contributed by atoms with Crippen molar-refractivity contribution >= 4 is 23.6 Å². The summed E-state index contributed by atoms with van der Waals surface area (Å²) in [5, 5.41) is 13.2. The molecule has 1 amide bonds. The van der Waals surface area contributed by atoms with Crippen molar-refractivity contribution in [1.82, 2.24) is 14.7 Å². The van der Waals surface area contributed by atoms with Gasteiger partial charge < -0.3 is 10.0 Å². The maximum atomic E-state index is 12.9. The van der Waals surface area contributed by atoms with Crippen LogP contribution in [-0.2, 0) is 11.3 Å². The van der Waals surface area contributed by atoms with Gasteiger partial charge in [-0.25, -0.2) is 0 Å². The Morgan fingerprint density at radius 2 is 2.12 bits per heavy atom. The van der Waals surface area contributed by atoms with Crippen molar-refractivity contribution in [2.24, 2.45) is 0 Å². The predicted molar refractivity (Wildman–Crippen MR) is 96.0 cm³/mol. The standard InChI is InChI=1S/C18H21N3O3S/c1-25-16-7-3-2-6-14(16)18(24)20-9-4-5-13(11-20)15-8-10-21(19-15)12-17(22)23/h2-3,6-8,10,13H,4-5,9,11-12H2,1H3,(H,22,23)/t13-/m0/s1. The molecular weight excluding hydrogens is 338 g/mol. The van der Waals surface area contributed by atoms with E-state index in [0.29, 0.717) is 6.54 Å². The van der Waals surface area contributed by atoms with E-state index in [-0.39, 0.29) is 18.4 Å². The summed E-state index contributed by atoms with van der Waals surface area (Å²) in [6.45, 7) is 1.22. The summed E-state index contributed by atoms with van der Waals surface area (Å²) in [6.07, 6.45) is 5.54. The van der Waals surface area contributed by atoms with Crippen LogP contribution in [0.2, 0.25) is 0 Å². The maximum absolute atomic E-state index is 12.9. The number of thioether (sulfide) groups is 1. The first kappa shape index (κ1) is 17.5. The van der Waals surface area contributed by atoms with E-state index in [1.807, 2.05) is 41.5 Å². The number of hydrogen-bond acceptors (Lipinski definition) is 4. The molecule has 2 aromatic rings. The molecule has 1 aromatic heterocycles. The molecule has 132 valence electrons. The highest BCUT2D eigenvalue weighted by Gasteiger charge is 2.27. The minimum Gasteiger partial charge on any atom is -0.480 e. The Balaban J connectivity index is 1.73. The largest absolute Gasteiger partial charge is 0.480 e. The van der Waals surface area contributed by atoms with Crippen molar-refractivity contribution in [2.45, 2.75) is 30.2 Å². The number of carbonyl (C=O) groups is 2. The van der Waals surface area contributed by atoms with E-state index < -0.39 is 5.97 Å². The van der Waals surface area contributed by atoms with Crippen LogP contribution in [-0.4, -0.2) is 51.0 Å². The number of piperidine rings is 1. The third-order valence-electron chi connectivity index (χ3n) is 4.42. The minimum atomic E-state index is -0.913. The SMILES string of the molecule is CSc1ccccc1C(=O)N1CCC[C@H](c2ccn(CC(=O)O)n2)C1. The van der Waals surface area contributed by atoms with Gasteiger partial charge in [0.15, 0.2) is 0 Å². The van der Waals surface area contributed by atoms with Crippen LogP contribution < -0.4 is 0 Å². The zero-order chi connectivity index (χ0) is 17.8. The number of nitrogens with zero attached hydrogens (tertiary/aromatic N) is 3. The second kappa shape index (κ2) is 7.74. The van der Waals surface area contributed by atoms with E-state index in [0.717, 1.165) is 35.5 Å². The van der Waals surface area contributed by atoms with Crippen LogP contribution in [0.15, 0.2) is 41.4 Å². The molecule has 0 saturated carbocycles. The number of aliphatic carboxylic acids is 1. The van der Waals surface area contributed by atoms with E-state index in [9.17, 15) is 9.59 Å². The van der Waals surface area contributed by atoms with Gasteiger partial charge in [0.05, 0.1) is 11.3 Å². The van der Waals surface area contributed by atoms with Crippen LogP contribution in [0.4, 0.5) is 0 Å². The zero-order valence-electron chi connectivity index (χ0n) is 14.1.